The fourth-order valence-electron chi connectivity index (χ4n) is 2.23. The molecular formula is C13H24N2O3S. The van der Waals surface area contributed by atoms with Crippen LogP contribution in [0.2, 0.25) is 0 Å². The van der Waals surface area contributed by atoms with E-state index in [0.717, 1.165) is 12.2 Å². The Morgan fingerprint density at radius 1 is 1.47 bits per heavy atom. The molecular weight excluding hydrogens is 264 g/mol. The molecule has 0 aromatic carbocycles. The normalized spacial score (nSPS) is 22.7. The van der Waals surface area contributed by atoms with Crippen LogP contribution in [0.15, 0.2) is 0 Å². The fraction of sp³-hybridized carbons (Fsp3) is 0.846. The molecule has 19 heavy (non-hydrogen) atoms. The zero-order chi connectivity index (χ0) is 14.5. The molecule has 1 saturated heterocycles. The van der Waals surface area contributed by atoms with Gasteiger partial charge in [0.25, 0.3) is 0 Å². The second-order valence-corrected chi connectivity index (χ2v) is 6.16. The number of nitrogens with two attached hydrogens (primary N) is 1. The van der Waals surface area contributed by atoms with E-state index >= 15 is 0 Å². The van der Waals surface area contributed by atoms with Gasteiger partial charge in [0, 0.05) is 18.1 Å². The quantitative estimate of drug-likeness (QED) is 0.764. The van der Waals surface area contributed by atoms with Crippen molar-refractivity contribution in [2.24, 2.45) is 5.73 Å². The van der Waals surface area contributed by atoms with Gasteiger partial charge in [0.1, 0.15) is 6.04 Å². The zero-order valence-corrected chi connectivity index (χ0v) is 12.8. The van der Waals surface area contributed by atoms with Gasteiger partial charge in [0.2, 0.25) is 5.91 Å². The molecule has 2 unspecified atom stereocenters. The summed E-state index contributed by atoms with van der Waals surface area (Å²) in [6, 6.07) is -0.495. The molecule has 0 saturated carbocycles. The Morgan fingerprint density at radius 2 is 2.16 bits per heavy atom. The Hall–Kier alpha value is -0.750. The SMILES string of the molecule is CCCC(C)(N)C(=O)N1CCSCC1C(=O)OCC. The van der Waals surface area contributed by atoms with Gasteiger partial charge in [-0.05, 0) is 20.3 Å². The minimum Gasteiger partial charge on any atom is -0.464 e. The van der Waals surface area contributed by atoms with E-state index < -0.39 is 11.6 Å². The maximum absolute atomic E-state index is 12.5. The summed E-state index contributed by atoms with van der Waals surface area (Å²) >= 11 is 1.67. The summed E-state index contributed by atoms with van der Waals surface area (Å²) < 4.78 is 5.05. The first-order chi connectivity index (χ1) is 8.94. The van der Waals surface area contributed by atoms with Crippen LogP contribution in [0, 0.1) is 0 Å². The number of amides is 1. The van der Waals surface area contributed by atoms with E-state index in [2.05, 4.69) is 0 Å². The third-order valence-corrected chi connectivity index (χ3v) is 4.23. The summed E-state index contributed by atoms with van der Waals surface area (Å²) in [5.41, 5.74) is 5.19. The lowest BCUT2D eigenvalue weighted by atomic mass is 9.95. The smallest absolute Gasteiger partial charge is 0.329 e. The average molecular weight is 288 g/mol. The Bertz CT molecular complexity index is 334. The Morgan fingerprint density at radius 3 is 2.74 bits per heavy atom. The van der Waals surface area contributed by atoms with E-state index in [1.807, 2.05) is 6.92 Å². The molecule has 0 aliphatic carbocycles. The Balaban J connectivity index is 2.82. The summed E-state index contributed by atoms with van der Waals surface area (Å²) in [7, 11) is 0. The van der Waals surface area contributed by atoms with Gasteiger partial charge in [-0.25, -0.2) is 4.79 Å². The van der Waals surface area contributed by atoms with E-state index in [4.69, 9.17) is 10.5 Å². The molecule has 0 spiro atoms. The number of carbonyl (C=O) groups is 2. The van der Waals surface area contributed by atoms with Gasteiger partial charge < -0.3 is 15.4 Å². The maximum Gasteiger partial charge on any atom is 0.329 e. The monoisotopic (exact) mass is 288 g/mol. The zero-order valence-electron chi connectivity index (χ0n) is 12.0. The molecule has 1 heterocycles. The molecule has 1 aliphatic heterocycles. The third kappa shape index (κ3) is 4.11. The number of hydrogen-bond acceptors (Lipinski definition) is 5. The van der Waals surface area contributed by atoms with Gasteiger partial charge in [0.05, 0.1) is 12.1 Å². The lowest BCUT2D eigenvalue weighted by Crippen LogP contribution is -2.60. The van der Waals surface area contributed by atoms with Crippen LogP contribution in [-0.4, -0.2) is 53.0 Å². The Labute approximate surface area is 119 Å². The molecule has 5 nitrogen and oxygen atoms in total. The van der Waals surface area contributed by atoms with Crippen molar-refractivity contribution in [2.45, 2.75) is 45.2 Å². The number of hydrogen-bond donors (Lipinski definition) is 1. The van der Waals surface area contributed by atoms with Gasteiger partial charge in [-0.15, -0.1) is 0 Å². The van der Waals surface area contributed by atoms with Gasteiger partial charge >= 0.3 is 5.97 Å². The molecule has 1 aliphatic rings. The highest BCUT2D eigenvalue weighted by Crippen LogP contribution is 2.22. The molecule has 6 heteroatoms. The van der Waals surface area contributed by atoms with Crippen molar-refractivity contribution in [1.82, 2.24) is 4.90 Å². The van der Waals surface area contributed by atoms with Gasteiger partial charge in [0.15, 0.2) is 0 Å². The van der Waals surface area contributed by atoms with E-state index in [1.165, 1.54) is 0 Å². The van der Waals surface area contributed by atoms with Crippen molar-refractivity contribution in [1.29, 1.82) is 0 Å². The van der Waals surface area contributed by atoms with Crippen LogP contribution in [0.3, 0.4) is 0 Å². The van der Waals surface area contributed by atoms with Crippen LogP contribution < -0.4 is 5.73 Å². The molecule has 0 aromatic rings. The first-order valence-electron chi connectivity index (χ1n) is 6.78. The van der Waals surface area contributed by atoms with Crippen molar-refractivity contribution in [3.05, 3.63) is 0 Å². The first-order valence-corrected chi connectivity index (χ1v) is 7.93. The van der Waals surface area contributed by atoms with Crippen molar-refractivity contribution >= 4 is 23.6 Å². The summed E-state index contributed by atoms with van der Waals surface area (Å²) in [4.78, 5) is 26.0. The number of carbonyl (C=O) groups excluding carboxylic acids is 2. The summed E-state index contributed by atoms with van der Waals surface area (Å²) in [6.07, 6.45) is 1.45. The van der Waals surface area contributed by atoms with Crippen molar-refractivity contribution < 1.29 is 14.3 Å². The molecule has 110 valence electrons. The van der Waals surface area contributed by atoms with Crippen LogP contribution in [0.5, 0.6) is 0 Å². The molecule has 1 rings (SSSR count). The number of esters is 1. The topological polar surface area (TPSA) is 72.6 Å². The standard InChI is InChI=1S/C13H24N2O3S/c1-4-6-13(3,14)12(17)15-7-8-19-9-10(15)11(16)18-5-2/h10H,4-9,14H2,1-3H3. The number of thioether (sulfide) groups is 1. The van der Waals surface area contributed by atoms with E-state index in [1.54, 1.807) is 30.5 Å². The molecule has 1 amide bonds. The third-order valence-electron chi connectivity index (χ3n) is 3.21. The van der Waals surface area contributed by atoms with Gasteiger partial charge in [-0.1, -0.05) is 13.3 Å². The summed E-state index contributed by atoms with van der Waals surface area (Å²) in [5.74, 6) is 0.958. The minimum atomic E-state index is -0.901. The van der Waals surface area contributed by atoms with Gasteiger partial charge in [-0.3, -0.25) is 4.79 Å². The van der Waals surface area contributed by atoms with Crippen LogP contribution in [-0.2, 0) is 14.3 Å². The maximum atomic E-state index is 12.5. The van der Waals surface area contributed by atoms with Crippen molar-refractivity contribution in [3.63, 3.8) is 0 Å². The molecule has 0 radical (unpaired) electrons. The minimum absolute atomic E-state index is 0.146. The molecule has 0 aromatic heterocycles. The van der Waals surface area contributed by atoms with Crippen molar-refractivity contribution in [2.75, 3.05) is 24.7 Å². The predicted molar refractivity (Wildman–Crippen MR) is 77.0 cm³/mol. The number of rotatable bonds is 5. The summed E-state index contributed by atoms with van der Waals surface area (Å²) in [5, 5.41) is 0. The van der Waals surface area contributed by atoms with Crippen LogP contribution >= 0.6 is 11.8 Å². The largest absolute Gasteiger partial charge is 0.464 e. The van der Waals surface area contributed by atoms with Crippen molar-refractivity contribution in [3.8, 4) is 0 Å². The fourth-order valence-corrected chi connectivity index (χ4v) is 3.27. The summed E-state index contributed by atoms with van der Waals surface area (Å²) in [6.45, 7) is 6.39. The van der Waals surface area contributed by atoms with Crippen LogP contribution in [0.25, 0.3) is 0 Å². The second-order valence-electron chi connectivity index (χ2n) is 5.01. The number of nitrogens with zero attached hydrogens (tertiary/aromatic N) is 1. The van der Waals surface area contributed by atoms with Crippen LogP contribution in [0.4, 0.5) is 0 Å². The average Bonchev–Trinajstić information content (AvgIpc) is 2.38. The highest BCUT2D eigenvalue weighted by atomic mass is 32.2. The lowest BCUT2D eigenvalue weighted by Gasteiger charge is -2.38. The Kier molecular flexibility index (Phi) is 6.13. The second kappa shape index (κ2) is 7.14. The van der Waals surface area contributed by atoms with E-state index in [9.17, 15) is 9.59 Å². The molecule has 2 N–H and O–H groups in total. The molecule has 0 bridgehead atoms. The van der Waals surface area contributed by atoms with E-state index in [-0.39, 0.29) is 11.9 Å². The lowest BCUT2D eigenvalue weighted by molar-refractivity contribution is -0.155. The van der Waals surface area contributed by atoms with Gasteiger partial charge in [-0.2, -0.15) is 11.8 Å². The highest BCUT2D eigenvalue weighted by Gasteiger charge is 2.40. The first kappa shape index (κ1) is 16.3. The molecule has 2 atom stereocenters. The highest BCUT2D eigenvalue weighted by molar-refractivity contribution is 7.99. The van der Waals surface area contributed by atoms with Crippen LogP contribution in [0.1, 0.15) is 33.6 Å². The predicted octanol–water partition coefficient (Wildman–Crippen LogP) is 1.01. The van der Waals surface area contributed by atoms with E-state index in [0.29, 0.717) is 25.3 Å². The number of ether oxygens (including phenoxy) is 1. The molecule has 1 fully saturated rings.